The minimum atomic E-state index is -1.09. The van der Waals surface area contributed by atoms with E-state index in [9.17, 15) is 9.59 Å². The van der Waals surface area contributed by atoms with E-state index in [2.05, 4.69) is 0 Å². The van der Waals surface area contributed by atoms with E-state index in [4.69, 9.17) is 9.84 Å². The number of carboxylic acids is 1. The number of rotatable bonds is 9. The van der Waals surface area contributed by atoms with Crippen molar-refractivity contribution in [3.8, 4) is 5.75 Å². The van der Waals surface area contributed by atoms with Crippen LogP contribution in [0.15, 0.2) is 24.3 Å². The SMILES string of the molecule is O=C(CCCCCCC1CCSS1)Oc1ccccc1C(=O)O. The summed E-state index contributed by atoms with van der Waals surface area (Å²) in [6, 6.07) is 6.22. The molecular formula is C17H22O4S2. The number of esters is 1. The Morgan fingerprint density at radius 2 is 1.96 bits per heavy atom. The van der Waals surface area contributed by atoms with Crippen LogP contribution in [-0.2, 0) is 4.79 Å². The molecule has 4 nitrogen and oxygen atoms in total. The van der Waals surface area contributed by atoms with Crippen molar-refractivity contribution in [2.24, 2.45) is 0 Å². The number of carbonyl (C=O) groups is 2. The Bertz CT molecular complexity index is 527. The standard InChI is InChI=1S/C17H22O4S2/c18-16(21-15-9-6-5-8-14(15)17(19)20)10-4-2-1-3-7-13-11-12-22-23-13/h5-6,8-9,13H,1-4,7,10-12H2,(H,19,20). The van der Waals surface area contributed by atoms with E-state index >= 15 is 0 Å². The summed E-state index contributed by atoms with van der Waals surface area (Å²) in [4.78, 5) is 22.9. The molecule has 1 aromatic carbocycles. The van der Waals surface area contributed by atoms with Gasteiger partial charge in [-0.05, 0) is 31.4 Å². The molecule has 1 heterocycles. The molecule has 23 heavy (non-hydrogen) atoms. The molecule has 1 aliphatic rings. The zero-order chi connectivity index (χ0) is 16.5. The number of para-hydroxylation sites is 1. The summed E-state index contributed by atoms with van der Waals surface area (Å²) in [5, 5.41) is 9.86. The van der Waals surface area contributed by atoms with Crippen LogP contribution in [0.2, 0.25) is 0 Å². The summed E-state index contributed by atoms with van der Waals surface area (Å²) in [6.45, 7) is 0. The highest BCUT2D eigenvalue weighted by Crippen LogP contribution is 2.39. The van der Waals surface area contributed by atoms with Crippen LogP contribution in [0.4, 0.5) is 0 Å². The summed E-state index contributed by atoms with van der Waals surface area (Å²) in [5.41, 5.74) is 0.0211. The number of benzene rings is 1. The van der Waals surface area contributed by atoms with Gasteiger partial charge in [-0.2, -0.15) is 0 Å². The molecule has 1 aromatic rings. The number of ether oxygens (including phenoxy) is 1. The Labute approximate surface area is 144 Å². The van der Waals surface area contributed by atoms with Gasteiger partial charge in [0.1, 0.15) is 11.3 Å². The first-order chi connectivity index (χ1) is 11.2. The number of unbranched alkanes of at least 4 members (excludes halogenated alkanes) is 3. The van der Waals surface area contributed by atoms with Gasteiger partial charge in [0, 0.05) is 17.4 Å². The molecule has 6 heteroatoms. The van der Waals surface area contributed by atoms with Gasteiger partial charge in [0.25, 0.3) is 0 Å². The van der Waals surface area contributed by atoms with E-state index in [1.54, 1.807) is 12.1 Å². The highest BCUT2D eigenvalue weighted by molar-refractivity contribution is 8.77. The maximum Gasteiger partial charge on any atom is 0.339 e. The third-order valence-corrected chi connectivity index (χ3v) is 6.73. The van der Waals surface area contributed by atoms with Gasteiger partial charge < -0.3 is 9.84 Å². The second-order valence-electron chi connectivity index (χ2n) is 5.56. The third-order valence-electron chi connectivity index (χ3n) is 3.73. The van der Waals surface area contributed by atoms with Crippen LogP contribution in [0.3, 0.4) is 0 Å². The third kappa shape index (κ3) is 6.47. The molecule has 1 unspecified atom stereocenters. The molecule has 0 amide bonds. The van der Waals surface area contributed by atoms with Crippen LogP contribution in [0.1, 0.15) is 55.3 Å². The molecule has 1 saturated heterocycles. The van der Waals surface area contributed by atoms with Crippen molar-refractivity contribution in [3.63, 3.8) is 0 Å². The van der Waals surface area contributed by atoms with E-state index in [0.29, 0.717) is 6.42 Å². The highest BCUT2D eigenvalue weighted by atomic mass is 33.1. The van der Waals surface area contributed by atoms with E-state index in [1.807, 2.05) is 21.6 Å². The van der Waals surface area contributed by atoms with Crippen LogP contribution in [-0.4, -0.2) is 28.0 Å². The number of aromatic carboxylic acids is 1. The fourth-order valence-corrected chi connectivity index (χ4v) is 5.49. The van der Waals surface area contributed by atoms with Gasteiger partial charge in [-0.25, -0.2) is 4.79 Å². The van der Waals surface area contributed by atoms with E-state index in [1.165, 1.54) is 37.1 Å². The van der Waals surface area contributed by atoms with Gasteiger partial charge in [0.2, 0.25) is 0 Å². The second-order valence-corrected chi connectivity index (χ2v) is 8.34. The van der Waals surface area contributed by atoms with Gasteiger partial charge in [0.05, 0.1) is 0 Å². The highest BCUT2D eigenvalue weighted by Gasteiger charge is 2.16. The zero-order valence-corrected chi connectivity index (χ0v) is 14.7. The lowest BCUT2D eigenvalue weighted by molar-refractivity contribution is -0.134. The molecule has 0 spiro atoms. The fraction of sp³-hybridized carbons (Fsp3) is 0.529. The first kappa shape index (κ1) is 18.2. The van der Waals surface area contributed by atoms with E-state index in [0.717, 1.165) is 24.5 Å². The Kier molecular flexibility index (Phi) is 7.82. The maximum absolute atomic E-state index is 11.8. The molecule has 1 fully saturated rings. The fourth-order valence-electron chi connectivity index (χ4n) is 2.47. The van der Waals surface area contributed by atoms with E-state index in [-0.39, 0.29) is 17.3 Å². The average molecular weight is 354 g/mol. The van der Waals surface area contributed by atoms with Crippen molar-refractivity contribution in [3.05, 3.63) is 29.8 Å². The molecular weight excluding hydrogens is 332 g/mol. The van der Waals surface area contributed by atoms with Crippen LogP contribution in [0.5, 0.6) is 5.75 Å². The predicted molar refractivity (Wildman–Crippen MR) is 95.2 cm³/mol. The maximum atomic E-state index is 11.8. The van der Waals surface area contributed by atoms with Crippen molar-refractivity contribution in [2.45, 2.75) is 50.2 Å². The van der Waals surface area contributed by atoms with Crippen LogP contribution < -0.4 is 4.74 Å². The average Bonchev–Trinajstić information content (AvgIpc) is 3.04. The summed E-state index contributed by atoms with van der Waals surface area (Å²) < 4.78 is 5.17. The minimum absolute atomic E-state index is 0.0211. The smallest absolute Gasteiger partial charge is 0.339 e. The predicted octanol–water partition coefficient (Wildman–Crippen LogP) is 4.78. The van der Waals surface area contributed by atoms with Gasteiger partial charge in [-0.15, -0.1) is 0 Å². The molecule has 0 saturated carbocycles. The Morgan fingerprint density at radius 3 is 2.70 bits per heavy atom. The Morgan fingerprint density at radius 1 is 1.17 bits per heavy atom. The Balaban J connectivity index is 1.61. The summed E-state index contributed by atoms with van der Waals surface area (Å²) >= 11 is 0. The summed E-state index contributed by atoms with van der Waals surface area (Å²) in [5.74, 6) is -0.0440. The van der Waals surface area contributed by atoms with Crippen molar-refractivity contribution >= 4 is 33.5 Å². The first-order valence-corrected chi connectivity index (χ1v) is 10.4. The summed E-state index contributed by atoms with van der Waals surface area (Å²) in [6.07, 6.45) is 7.09. The topological polar surface area (TPSA) is 63.6 Å². The molecule has 1 N–H and O–H groups in total. The lowest BCUT2D eigenvalue weighted by Gasteiger charge is -2.08. The van der Waals surface area contributed by atoms with Crippen molar-refractivity contribution in [2.75, 3.05) is 5.75 Å². The summed E-state index contributed by atoms with van der Waals surface area (Å²) in [7, 11) is 3.98. The molecule has 1 atom stereocenters. The quantitative estimate of drug-likeness (QED) is 0.298. The van der Waals surface area contributed by atoms with Gasteiger partial charge >= 0.3 is 11.9 Å². The normalized spacial score (nSPS) is 17.1. The molecule has 0 aliphatic carbocycles. The largest absolute Gasteiger partial charge is 0.478 e. The van der Waals surface area contributed by atoms with Crippen LogP contribution in [0, 0.1) is 0 Å². The van der Waals surface area contributed by atoms with Gasteiger partial charge in [0.15, 0.2) is 0 Å². The monoisotopic (exact) mass is 354 g/mol. The number of carbonyl (C=O) groups excluding carboxylic acids is 1. The van der Waals surface area contributed by atoms with Crippen molar-refractivity contribution in [1.29, 1.82) is 0 Å². The lowest BCUT2D eigenvalue weighted by Crippen LogP contribution is -2.10. The minimum Gasteiger partial charge on any atom is -0.478 e. The van der Waals surface area contributed by atoms with Crippen molar-refractivity contribution < 1.29 is 19.4 Å². The van der Waals surface area contributed by atoms with Crippen LogP contribution >= 0.6 is 21.6 Å². The zero-order valence-electron chi connectivity index (χ0n) is 13.0. The molecule has 2 rings (SSSR count). The van der Waals surface area contributed by atoms with Crippen LogP contribution in [0.25, 0.3) is 0 Å². The Hall–Kier alpha value is -1.14. The van der Waals surface area contributed by atoms with E-state index < -0.39 is 5.97 Å². The molecule has 1 aliphatic heterocycles. The molecule has 126 valence electrons. The second kappa shape index (κ2) is 9.88. The molecule has 0 aromatic heterocycles. The lowest BCUT2D eigenvalue weighted by atomic mass is 10.1. The number of hydrogen-bond acceptors (Lipinski definition) is 5. The molecule has 0 bridgehead atoms. The van der Waals surface area contributed by atoms with Crippen molar-refractivity contribution in [1.82, 2.24) is 0 Å². The van der Waals surface area contributed by atoms with Gasteiger partial charge in [-0.1, -0.05) is 53.0 Å². The number of hydrogen-bond donors (Lipinski definition) is 1. The number of carboxylic acid groups (broad SMARTS) is 1. The first-order valence-electron chi connectivity index (χ1n) is 7.98. The van der Waals surface area contributed by atoms with Gasteiger partial charge in [-0.3, -0.25) is 4.79 Å². The molecule has 0 radical (unpaired) electrons.